The van der Waals surface area contributed by atoms with Crippen LogP contribution >= 0.6 is 0 Å². The van der Waals surface area contributed by atoms with Crippen LogP contribution in [0.5, 0.6) is 0 Å². The smallest absolute Gasteiger partial charge is 0.332 e. The zero-order valence-corrected chi connectivity index (χ0v) is 10.1. The number of carboxylic acid groups (broad SMARTS) is 1. The second kappa shape index (κ2) is 5.18. The highest BCUT2D eigenvalue weighted by Gasteiger charge is 2.25. The minimum atomic E-state index is -1.07. The highest BCUT2D eigenvalue weighted by molar-refractivity contribution is 5.96. The maximum Gasteiger partial charge on any atom is 0.332 e. The number of benzene rings is 1. The summed E-state index contributed by atoms with van der Waals surface area (Å²) in [5.41, 5.74) is 2.03. The fraction of sp³-hybridized carbons (Fsp3) is 0.385. The van der Waals surface area contributed by atoms with Crippen LogP contribution in [0.3, 0.4) is 0 Å². The van der Waals surface area contributed by atoms with E-state index in [0.717, 1.165) is 17.7 Å². The Bertz CT molecular complexity index is 472. The van der Waals surface area contributed by atoms with Crippen LogP contribution < -0.4 is 4.90 Å². The Balaban J connectivity index is 1.97. The van der Waals surface area contributed by atoms with E-state index in [1.807, 2.05) is 24.3 Å². The Morgan fingerprint density at radius 3 is 2.89 bits per heavy atom. The maximum atomic E-state index is 11.9. The number of hydrogen-bond donors (Lipinski definition) is 1. The molecular formula is C13H15NO4. The molecule has 1 aliphatic rings. The van der Waals surface area contributed by atoms with Gasteiger partial charge in [-0.1, -0.05) is 18.2 Å². The zero-order valence-electron chi connectivity index (χ0n) is 10.1. The number of anilines is 1. The van der Waals surface area contributed by atoms with Crippen molar-refractivity contribution in [2.75, 3.05) is 18.1 Å². The van der Waals surface area contributed by atoms with E-state index < -0.39 is 12.1 Å². The van der Waals surface area contributed by atoms with Crippen molar-refractivity contribution in [2.24, 2.45) is 0 Å². The SMILES string of the molecule is C[C@H](OCC(=O)N1CCc2ccccc21)C(=O)O. The van der Waals surface area contributed by atoms with Crippen molar-refractivity contribution in [1.29, 1.82) is 0 Å². The predicted octanol–water partition coefficient (Wildman–Crippen LogP) is 1.07. The quantitative estimate of drug-likeness (QED) is 0.866. The van der Waals surface area contributed by atoms with Crippen molar-refractivity contribution >= 4 is 17.6 Å². The van der Waals surface area contributed by atoms with Gasteiger partial charge in [-0.25, -0.2) is 4.79 Å². The first kappa shape index (κ1) is 12.6. The monoisotopic (exact) mass is 249 g/mol. The number of fused-ring (bicyclic) bond motifs is 1. The molecule has 0 saturated heterocycles. The summed E-state index contributed by atoms with van der Waals surface area (Å²) in [5, 5.41) is 8.67. The molecule has 1 aromatic rings. The van der Waals surface area contributed by atoms with Crippen molar-refractivity contribution in [1.82, 2.24) is 0 Å². The van der Waals surface area contributed by atoms with Gasteiger partial charge in [0, 0.05) is 12.2 Å². The molecule has 5 heteroatoms. The Morgan fingerprint density at radius 1 is 1.44 bits per heavy atom. The molecule has 0 unspecified atom stereocenters. The van der Waals surface area contributed by atoms with E-state index in [2.05, 4.69) is 0 Å². The molecule has 2 rings (SSSR count). The molecule has 5 nitrogen and oxygen atoms in total. The van der Waals surface area contributed by atoms with Crippen LogP contribution in [0.15, 0.2) is 24.3 Å². The number of carbonyl (C=O) groups is 2. The first-order valence-corrected chi connectivity index (χ1v) is 5.82. The first-order chi connectivity index (χ1) is 8.59. The van der Waals surface area contributed by atoms with E-state index in [1.54, 1.807) is 4.90 Å². The second-order valence-electron chi connectivity index (χ2n) is 4.22. The Labute approximate surface area is 105 Å². The third-order valence-corrected chi connectivity index (χ3v) is 2.99. The molecule has 0 aliphatic carbocycles. The summed E-state index contributed by atoms with van der Waals surface area (Å²) in [5.74, 6) is -1.27. The third kappa shape index (κ3) is 2.51. The van der Waals surface area contributed by atoms with Crippen molar-refractivity contribution in [3.63, 3.8) is 0 Å². The van der Waals surface area contributed by atoms with Gasteiger partial charge in [-0.3, -0.25) is 4.79 Å². The third-order valence-electron chi connectivity index (χ3n) is 2.99. The lowest BCUT2D eigenvalue weighted by molar-refractivity contribution is -0.150. The molecule has 0 aromatic heterocycles. The van der Waals surface area contributed by atoms with E-state index in [9.17, 15) is 9.59 Å². The molecule has 1 atom stereocenters. The van der Waals surface area contributed by atoms with Crippen LogP contribution in [-0.2, 0) is 20.7 Å². The topological polar surface area (TPSA) is 66.8 Å². The molecule has 0 spiro atoms. The van der Waals surface area contributed by atoms with Gasteiger partial charge in [0.2, 0.25) is 0 Å². The standard InChI is InChI=1S/C13H15NO4/c1-9(13(16)17)18-8-12(15)14-7-6-10-4-2-3-5-11(10)14/h2-5,9H,6-8H2,1H3,(H,16,17)/t9-/m0/s1. The molecule has 1 aliphatic heterocycles. The van der Waals surface area contributed by atoms with Crippen LogP contribution in [-0.4, -0.2) is 36.2 Å². The van der Waals surface area contributed by atoms with Crippen LogP contribution in [0.4, 0.5) is 5.69 Å². The summed E-state index contributed by atoms with van der Waals surface area (Å²) in [4.78, 5) is 24.2. The van der Waals surface area contributed by atoms with Crippen molar-refractivity contribution in [3.05, 3.63) is 29.8 Å². The van der Waals surface area contributed by atoms with Gasteiger partial charge < -0.3 is 14.7 Å². The molecule has 0 radical (unpaired) electrons. The number of aliphatic carboxylic acids is 1. The van der Waals surface area contributed by atoms with E-state index in [4.69, 9.17) is 9.84 Å². The van der Waals surface area contributed by atoms with Crippen molar-refractivity contribution in [2.45, 2.75) is 19.4 Å². The van der Waals surface area contributed by atoms with Gasteiger partial charge in [0.25, 0.3) is 5.91 Å². The minimum Gasteiger partial charge on any atom is -0.479 e. The van der Waals surface area contributed by atoms with Crippen LogP contribution in [0.1, 0.15) is 12.5 Å². The summed E-state index contributed by atoms with van der Waals surface area (Å²) in [6.07, 6.45) is -0.136. The number of para-hydroxylation sites is 1. The van der Waals surface area contributed by atoms with Gasteiger partial charge in [0.15, 0.2) is 6.10 Å². The van der Waals surface area contributed by atoms with Gasteiger partial charge in [-0.05, 0) is 25.0 Å². The lowest BCUT2D eigenvalue weighted by Crippen LogP contribution is -2.34. The molecule has 1 aromatic carbocycles. The Hall–Kier alpha value is -1.88. The summed E-state index contributed by atoms with van der Waals surface area (Å²) in [6.45, 7) is 1.83. The number of ether oxygens (including phenoxy) is 1. The number of nitrogens with zero attached hydrogens (tertiary/aromatic N) is 1. The predicted molar refractivity (Wildman–Crippen MR) is 65.5 cm³/mol. The normalized spacial score (nSPS) is 15.3. The average molecular weight is 249 g/mol. The van der Waals surface area contributed by atoms with Crippen LogP contribution in [0.2, 0.25) is 0 Å². The molecule has 0 fully saturated rings. The summed E-state index contributed by atoms with van der Waals surface area (Å²) < 4.78 is 5.00. The van der Waals surface area contributed by atoms with Crippen LogP contribution in [0, 0.1) is 0 Å². The maximum absolute atomic E-state index is 11.9. The molecule has 96 valence electrons. The first-order valence-electron chi connectivity index (χ1n) is 5.82. The summed E-state index contributed by atoms with van der Waals surface area (Å²) in [6, 6.07) is 7.70. The molecule has 0 saturated carbocycles. The largest absolute Gasteiger partial charge is 0.479 e. The lowest BCUT2D eigenvalue weighted by atomic mass is 10.2. The number of carbonyl (C=O) groups excluding carboxylic acids is 1. The van der Waals surface area contributed by atoms with Crippen LogP contribution in [0.25, 0.3) is 0 Å². The van der Waals surface area contributed by atoms with Gasteiger partial charge >= 0.3 is 5.97 Å². The van der Waals surface area contributed by atoms with Gasteiger partial charge in [0.05, 0.1) is 0 Å². The Kier molecular flexibility index (Phi) is 3.62. The summed E-state index contributed by atoms with van der Waals surface area (Å²) in [7, 11) is 0. The van der Waals surface area contributed by atoms with Crippen molar-refractivity contribution < 1.29 is 19.4 Å². The second-order valence-corrected chi connectivity index (χ2v) is 4.22. The number of carboxylic acids is 1. The molecule has 1 amide bonds. The highest BCUT2D eigenvalue weighted by atomic mass is 16.5. The average Bonchev–Trinajstić information content (AvgIpc) is 2.79. The minimum absolute atomic E-state index is 0.201. The van der Waals surface area contributed by atoms with E-state index in [1.165, 1.54) is 6.92 Å². The lowest BCUT2D eigenvalue weighted by Gasteiger charge is -2.18. The van der Waals surface area contributed by atoms with E-state index in [0.29, 0.717) is 6.54 Å². The molecule has 18 heavy (non-hydrogen) atoms. The fourth-order valence-electron chi connectivity index (χ4n) is 1.94. The van der Waals surface area contributed by atoms with Gasteiger partial charge in [-0.2, -0.15) is 0 Å². The molecule has 0 bridgehead atoms. The highest BCUT2D eigenvalue weighted by Crippen LogP contribution is 2.27. The summed E-state index contributed by atoms with van der Waals surface area (Å²) >= 11 is 0. The van der Waals surface area contributed by atoms with E-state index >= 15 is 0 Å². The van der Waals surface area contributed by atoms with Crippen molar-refractivity contribution in [3.8, 4) is 0 Å². The molecule has 1 heterocycles. The van der Waals surface area contributed by atoms with Gasteiger partial charge in [-0.15, -0.1) is 0 Å². The Morgan fingerprint density at radius 2 is 2.17 bits per heavy atom. The molecule has 1 N–H and O–H groups in total. The number of hydrogen-bond acceptors (Lipinski definition) is 3. The number of rotatable bonds is 4. The number of amides is 1. The van der Waals surface area contributed by atoms with Gasteiger partial charge in [0.1, 0.15) is 6.61 Å². The zero-order chi connectivity index (χ0) is 13.1. The fourth-order valence-corrected chi connectivity index (χ4v) is 1.94. The van der Waals surface area contributed by atoms with E-state index in [-0.39, 0.29) is 12.5 Å². The molecular weight excluding hydrogens is 234 g/mol.